The molecular formula is C9H13O5P. The number of aryl methyl sites for hydroxylation is 1. The highest BCUT2D eigenvalue weighted by Gasteiger charge is 2.13. The third-order valence-electron chi connectivity index (χ3n) is 1.99. The fourth-order valence-electron chi connectivity index (χ4n) is 1.25. The van der Waals surface area contributed by atoms with Gasteiger partial charge in [0.1, 0.15) is 0 Å². The molecule has 0 saturated heterocycles. The molecule has 4 N–H and O–H groups in total. The molecule has 0 aliphatic rings. The van der Waals surface area contributed by atoms with Crippen molar-refractivity contribution in [3.63, 3.8) is 0 Å². The number of hydrogen-bond acceptors (Lipinski definition) is 3. The van der Waals surface area contributed by atoms with Crippen molar-refractivity contribution < 1.29 is 24.6 Å². The van der Waals surface area contributed by atoms with Crippen LogP contribution in [0.1, 0.15) is 12.0 Å². The first-order valence-electron chi connectivity index (χ1n) is 4.44. The van der Waals surface area contributed by atoms with E-state index >= 15 is 0 Å². The van der Waals surface area contributed by atoms with Crippen molar-refractivity contribution in [1.82, 2.24) is 0 Å². The lowest BCUT2D eigenvalue weighted by atomic mass is 10.1. The molecule has 1 aromatic rings. The second-order valence-corrected chi connectivity index (χ2v) is 5.05. The molecule has 0 fully saturated rings. The minimum absolute atomic E-state index is 0.219. The Bertz CT molecular complexity index is 384. The average molecular weight is 232 g/mol. The SMILES string of the molecule is O=P(O)(O)CCCc1cccc(O)c1O. The van der Waals surface area contributed by atoms with Gasteiger partial charge in [-0.1, -0.05) is 12.1 Å². The van der Waals surface area contributed by atoms with Crippen molar-refractivity contribution in [2.24, 2.45) is 0 Å². The third-order valence-corrected chi connectivity index (χ3v) is 2.89. The van der Waals surface area contributed by atoms with Crippen molar-refractivity contribution in [2.75, 3.05) is 6.16 Å². The van der Waals surface area contributed by atoms with Gasteiger partial charge >= 0.3 is 7.60 Å². The molecule has 0 radical (unpaired) electrons. The first kappa shape index (κ1) is 12.0. The lowest BCUT2D eigenvalue weighted by molar-refractivity contribution is 0.371. The summed E-state index contributed by atoms with van der Waals surface area (Å²) < 4.78 is 10.6. The van der Waals surface area contributed by atoms with Crippen LogP contribution in [0.15, 0.2) is 18.2 Å². The van der Waals surface area contributed by atoms with Gasteiger partial charge in [0.25, 0.3) is 0 Å². The molecule has 0 aromatic heterocycles. The van der Waals surface area contributed by atoms with E-state index in [0.29, 0.717) is 12.0 Å². The second-order valence-electron chi connectivity index (χ2n) is 3.28. The quantitative estimate of drug-likeness (QED) is 0.462. The molecule has 5 nitrogen and oxygen atoms in total. The number of para-hydroxylation sites is 1. The molecule has 0 heterocycles. The van der Waals surface area contributed by atoms with Crippen LogP contribution in [0.4, 0.5) is 0 Å². The third kappa shape index (κ3) is 3.91. The Balaban J connectivity index is 2.59. The van der Waals surface area contributed by atoms with Crippen LogP contribution in [-0.4, -0.2) is 26.2 Å². The fourth-order valence-corrected chi connectivity index (χ4v) is 1.83. The summed E-state index contributed by atoms with van der Waals surface area (Å²) in [6.07, 6.45) is 0.370. The van der Waals surface area contributed by atoms with Crippen LogP contribution in [0, 0.1) is 0 Å². The largest absolute Gasteiger partial charge is 0.504 e. The van der Waals surface area contributed by atoms with E-state index in [2.05, 4.69) is 0 Å². The minimum atomic E-state index is -3.97. The highest BCUT2D eigenvalue weighted by molar-refractivity contribution is 7.51. The van der Waals surface area contributed by atoms with Crippen molar-refractivity contribution in [2.45, 2.75) is 12.8 Å². The molecule has 0 amide bonds. The molecule has 1 aromatic carbocycles. The Morgan fingerprint density at radius 1 is 1.20 bits per heavy atom. The molecule has 0 aliphatic carbocycles. The Morgan fingerprint density at radius 2 is 1.87 bits per heavy atom. The lowest BCUT2D eigenvalue weighted by Gasteiger charge is -2.06. The van der Waals surface area contributed by atoms with Gasteiger partial charge in [-0.15, -0.1) is 0 Å². The number of hydrogen-bond donors (Lipinski definition) is 4. The van der Waals surface area contributed by atoms with Crippen LogP contribution in [-0.2, 0) is 11.0 Å². The van der Waals surface area contributed by atoms with Gasteiger partial charge in [-0.2, -0.15) is 0 Å². The molecule has 1 rings (SSSR count). The highest BCUT2D eigenvalue weighted by atomic mass is 31.2. The zero-order valence-electron chi connectivity index (χ0n) is 8.00. The maximum absolute atomic E-state index is 10.6. The van der Waals surface area contributed by atoms with E-state index in [1.54, 1.807) is 12.1 Å². The maximum Gasteiger partial charge on any atom is 0.325 e. The van der Waals surface area contributed by atoms with Gasteiger partial charge in [-0.05, 0) is 24.5 Å². The summed E-state index contributed by atoms with van der Waals surface area (Å²) in [6, 6.07) is 4.53. The average Bonchev–Trinajstić information content (AvgIpc) is 2.10. The van der Waals surface area contributed by atoms with Crippen molar-refractivity contribution in [1.29, 1.82) is 0 Å². The zero-order valence-corrected chi connectivity index (χ0v) is 8.89. The summed E-state index contributed by atoms with van der Waals surface area (Å²) in [5.41, 5.74) is 0.489. The molecule has 84 valence electrons. The van der Waals surface area contributed by atoms with E-state index in [0.717, 1.165) is 0 Å². The highest BCUT2D eigenvalue weighted by Crippen LogP contribution is 2.36. The van der Waals surface area contributed by atoms with E-state index in [-0.39, 0.29) is 24.1 Å². The van der Waals surface area contributed by atoms with Crippen molar-refractivity contribution >= 4 is 7.60 Å². The molecule has 0 spiro atoms. The topological polar surface area (TPSA) is 98.0 Å². The molecule has 0 unspecified atom stereocenters. The van der Waals surface area contributed by atoms with Crippen molar-refractivity contribution in [3.8, 4) is 11.5 Å². The summed E-state index contributed by atoms with van der Waals surface area (Å²) in [5, 5.41) is 18.5. The van der Waals surface area contributed by atoms with Gasteiger partial charge in [-0.25, -0.2) is 0 Å². The van der Waals surface area contributed by atoms with Gasteiger partial charge in [0.05, 0.1) is 6.16 Å². The summed E-state index contributed by atoms with van der Waals surface area (Å²) >= 11 is 0. The minimum Gasteiger partial charge on any atom is -0.504 e. The predicted molar refractivity (Wildman–Crippen MR) is 55.0 cm³/mol. The maximum atomic E-state index is 10.6. The molecule has 0 saturated carbocycles. The number of phenolic OH excluding ortho intramolecular Hbond substituents is 2. The van der Waals surface area contributed by atoms with Gasteiger partial charge in [0.2, 0.25) is 0 Å². The van der Waals surface area contributed by atoms with E-state index in [4.69, 9.17) is 14.9 Å². The van der Waals surface area contributed by atoms with Crippen molar-refractivity contribution in [3.05, 3.63) is 23.8 Å². The van der Waals surface area contributed by atoms with E-state index in [1.165, 1.54) is 6.07 Å². The molecule has 15 heavy (non-hydrogen) atoms. The van der Waals surface area contributed by atoms with Crippen LogP contribution in [0.2, 0.25) is 0 Å². The first-order chi connectivity index (χ1) is 6.90. The molecule has 0 bridgehead atoms. The molecule has 0 aliphatic heterocycles. The smallest absolute Gasteiger partial charge is 0.325 e. The monoisotopic (exact) mass is 232 g/mol. The summed E-state index contributed by atoms with van der Waals surface area (Å²) in [4.78, 5) is 17.2. The van der Waals surface area contributed by atoms with Gasteiger partial charge in [-0.3, -0.25) is 4.57 Å². The number of phenols is 2. The second kappa shape index (κ2) is 4.66. The molecule has 6 heteroatoms. The zero-order chi connectivity index (χ0) is 11.5. The Hall–Kier alpha value is -1.03. The summed E-state index contributed by atoms with van der Waals surface area (Å²) in [6.45, 7) is 0. The van der Waals surface area contributed by atoms with E-state index < -0.39 is 7.60 Å². The van der Waals surface area contributed by atoms with Gasteiger partial charge < -0.3 is 20.0 Å². The van der Waals surface area contributed by atoms with Crippen LogP contribution in [0.3, 0.4) is 0 Å². The number of benzene rings is 1. The molecular weight excluding hydrogens is 219 g/mol. The normalized spacial score (nSPS) is 11.6. The standard InChI is InChI=1S/C9H13O5P/c10-8-5-1-3-7(9(8)11)4-2-6-15(12,13)14/h1,3,5,10-11H,2,4,6H2,(H2,12,13,14). The van der Waals surface area contributed by atoms with Crippen LogP contribution < -0.4 is 0 Å². The number of rotatable bonds is 4. The van der Waals surface area contributed by atoms with Crippen LogP contribution in [0.5, 0.6) is 11.5 Å². The van der Waals surface area contributed by atoms with Gasteiger partial charge in [0.15, 0.2) is 11.5 Å². The van der Waals surface area contributed by atoms with Crippen LogP contribution in [0.25, 0.3) is 0 Å². The lowest BCUT2D eigenvalue weighted by Crippen LogP contribution is -1.92. The summed E-state index contributed by atoms with van der Waals surface area (Å²) in [5.74, 6) is -0.438. The number of aromatic hydroxyl groups is 2. The predicted octanol–water partition coefficient (Wildman–Crippen LogP) is 1.21. The Kier molecular flexibility index (Phi) is 3.74. The Labute approximate surface area is 87.2 Å². The molecule has 0 atom stereocenters. The fraction of sp³-hybridized carbons (Fsp3) is 0.333. The Morgan fingerprint density at radius 3 is 2.47 bits per heavy atom. The van der Waals surface area contributed by atoms with Gasteiger partial charge in [0, 0.05) is 0 Å². The van der Waals surface area contributed by atoms with E-state index in [1.807, 2.05) is 0 Å². The summed E-state index contributed by atoms with van der Waals surface area (Å²) in [7, 11) is -3.97. The van der Waals surface area contributed by atoms with E-state index in [9.17, 15) is 9.67 Å². The van der Waals surface area contributed by atoms with Crippen LogP contribution >= 0.6 is 7.60 Å². The first-order valence-corrected chi connectivity index (χ1v) is 6.24.